The second-order valence-electron chi connectivity index (χ2n) is 4.98. The van der Waals surface area contributed by atoms with Gasteiger partial charge in [-0.25, -0.2) is 0 Å². The van der Waals surface area contributed by atoms with E-state index < -0.39 is 0 Å². The van der Waals surface area contributed by atoms with Crippen LogP contribution in [0, 0.1) is 0 Å². The van der Waals surface area contributed by atoms with E-state index in [-0.39, 0.29) is 5.91 Å². The lowest BCUT2D eigenvalue weighted by Gasteiger charge is -2.06. The normalized spacial score (nSPS) is 10.4. The maximum absolute atomic E-state index is 12.2. The van der Waals surface area contributed by atoms with Crippen molar-refractivity contribution in [3.63, 3.8) is 0 Å². The highest BCUT2D eigenvalue weighted by Gasteiger charge is 2.16. The molecule has 0 aliphatic carbocycles. The van der Waals surface area contributed by atoms with E-state index in [2.05, 4.69) is 17.3 Å². The van der Waals surface area contributed by atoms with Gasteiger partial charge in [-0.1, -0.05) is 25.5 Å². The number of unbranched alkanes of at least 4 members (excludes halogenated alkanes) is 1. The van der Waals surface area contributed by atoms with E-state index >= 15 is 0 Å². The number of aryl methyl sites for hydroxylation is 2. The van der Waals surface area contributed by atoms with Crippen molar-refractivity contribution in [3.05, 3.63) is 41.6 Å². The summed E-state index contributed by atoms with van der Waals surface area (Å²) in [4.78, 5) is 12.2. The third-order valence-corrected chi connectivity index (χ3v) is 3.26. The molecule has 2 aromatic rings. The molecule has 0 saturated carbocycles. The molecule has 112 valence electrons. The van der Waals surface area contributed by atoms with Gasteiger partial charge in [0.15, 0.2) is 0 Å². The summed E-state index contributed by atoms with van der Waals surface area (Å²) >= 11 is 0. The molecule has 2 rings (SSSR count). The smallest absolute Gasteiger partial charge is 0.262 e. The molecule has 5 nitrogen and oxygen atoms in total. The average Bonchev–Trinajstić information content (AvgIpc) is 2.88. The summed E-state index contributed by atoms with van der Waals surface area (Å²) in [5.74, 6) is 0.107. The molecule has 1 aromatic heterocycles. The monoisotopic (exact) mass is 287 g/mol. The van der Waals surface area contributed by atoms with Gasteiger partial charge in [0, 0.05) is 18.9 Å². The molecule has 1 amide bonds. The fourth-order valence-electron chi connectivity index (χ4n) is 2.11. The first-order valence-corrected chi connectivity index (χ1v) is 7.12. The number of ether oxygens (including phenoxy) is 1. The first-order valence-electron chi connectivity index (χ1n) is 7.12. The lowest BCUT2D eigenvalue weighted by atomic mass is 10.1. The molecule has 1 aromatic carbocycles. The Bertz CT molecular complexity index is 602. The molecule has 0 fully saturated rings. The fourth-order valence-corrected chi connectivity index (χ4v) is 2.11. The van der Waals surface area contributed by atoms with Gasteiger partial charge < -0.3 is 10.1 Å². The van der Waals surface area contributed by atoms with Gasteiger partial charge in [-0.3, -0.25) is 9.48 Å². The van der Waals surface area contributed by atoms with Crippen LogP contribution in [0.2, 0.25) is 0 Å². The quantitative estimate of drug-likeness (QED) is 0.888. The largest absolute Gasteiger partial charge is 0.479 e. The molecular weight excluding hydrogens is 266 g/mol. The average molecular weight is 287 g/mol. The Morgan fingerprint density at radius 1 is 1.33 bits per heavy atom. The number of methoxy groups -OCH3 is 1. The molecule has 21 heavy (non-hydrogen) atoms. The first kappa shape index (κ1) is 15.1. The van der Waals surface area contributed by atoms with Gasteiger partial charge in [-0.2, -0.15) is 0 Å². The minimum Gasteiger partial charge on any atom is -0.479 e. The number of benzene rings is 1. The van der Waals surface area contributed by atoms with Crippen LogP contribution in [0.4, 0.5) is 5.69 Å². The van der Waals surface area contributed by atoms with Crippen molar-refractivity contribution in [2.45, 2.75) is 26.2 Å². The number of nitrogens with zero attached hydrogens (tertiary/aromatic N) is 2. The standard InChI is InChI=1S/C16H21N3O2/c1-4-5-6-12-7-9-13(10-8-12)17-15(20)14-11-19(2)18-16(14)21-3/h7-11H,4-6H2,1-3H3,(H,17,20). The molecule has 0 spiro atoms. The van der Waals surface area contributed by atoms with Crippen LogP contribution in [-0.4, -0.2) is 22.8 Å². The van der Waals surface area contributed by atoms with Crippen molar-refractivity contribution >= 4 is 11.6 Å². The zero-order valence-corrected chi connectivity index (χ0v) is 12.7. The third kappa shape index (κ3) is 3.84. The fraction of sp³-hybridized carbons (Fsp3) is 0.375. The Hall–Kier alpha value is -2.30. The van der Waals surface area contributed by atoms with Crippen LogP contribution < -0.4 is 10.1 Å². The highest BCUT2D eigenvalue weighted by atomic mass is 16.5. The second kappa shape index (κ2) is 6.92. The number of nitrogens with one attached hydrogen (secondary N) is 1. The van der Waals surface area contributed by atoms with E-state index in [9.17, 15) is 4.79 Å². The topological polar surface area (TPSA) is 56.2 Å². The first-order chi connectivity index (χ1) is 10.1. The van der Waals surface area contributed by atoms with Crippen molar-refractivity contribution in [3.8, 4) is 5.88 Å². The summed E-state index contributed by atoms with van der Waals surface area (Å²) in [6, 6.07) is 7.94. The van der Waals surface area contributed by atoms with Crippen LogP contribution in [0.3, 0.4) is 0 Å². The van der Waals surface area contributed by atoms with E-state index in [1.54, 1.807) is 17.9 Å². The number of anilines is 1. The van der Waals surface area contributed by atoms with Crippen molar-refractivity contribution < 1.29 is 9.53 Å². The van der Waals surface area contributed by atoms with Crippen LogP contribution in [0.15, 0.2) is 30.5 Å². The maximum Gasteiger partial charge on any atom is 0.262 e. The van der Waals surface area contributed by atoms with Gasteiger partial charge in [0.05, 0.1) is 7.11 Å². The van der Waals surface area contributed by atoms with Crippen molar-refractivity contribution in [2.75, 3.05) is 12.4 Å². The van der Waals surface area contributed by atoms with Gasteiger partial charge >= 0.3 is 0 Å². The molecule has 1 N–H and O–H groups in total. The molecule has 0 atom stereocenters. The zero-order chi connectivity index (χ0) is 15.2. The predicted octanol–water partition coefficient (Wildman–Crippen LogP) is 3.02. The summed E-state index contributed by atoms with van der Waals surface area (Å²) in [6.45, 7) is 2.18. The van der Waals surface area contributed by atoms with Gasteiger partial charge in [0.2, 0.25) is 5.88 Å². The third-order valence-electron chi connectivity index (χ3n) is 3.26. The minimum absolute atomic E-state index is 0.221. The number of rotatable bonds is 6. The summed E-state index contributed by atoms with van der Waals surface area (Å²) in [6.07, 6.45) is 5.07. The molecule has 0 aliphatic rings. The lowest BCUT2D eigenvalue weighted by Crippen LogP contribution is -2.12. The molecule has 0 saturated heterocycles. The highest BCUT2D eigenvalue weighted by molar-refractivity contribution is 6.05. The summed E-state index contributed by atoms with van der Waals surface area (Å²) < 4.78 is 6.65. The maximum atomic E-state index is 12.2. The minimum atomic E-state index is -0.221. The van der Waals surface area contributed by atoms with Gasteiger partial charge in [0.1, 0.15) is 5.56 Å². The molecule has 1 heterocycles. The summed E-state index contributed by atoms with van der Waals surface area (Å²) in [5.41, 5.74) is 2.48. The van der Waals surface area contributed by atoms with Crippen LogP contribution >= 0.6 is 0 Å². The Labute approximate surface area is 124 Å². The van der Waals surface area contributed by atoms with E-state index in [4.69, 9.17) is 4.74 Å². The predicted molar refractivity (Wildman–Crippen MR) is 82.8 cm³/mol. The Morgan fingerprint density at radius 2 is 2.05 bits per heavy atom. The van der Waals surface area contributed by atoms with E-state index in [1.165, 1.54) is 25.5 Å². The Kier molecular flexibility index (Phi) is 4.98. The van der Waals surface area contributed by atoms with Gasteiger partial charge in [-0.15, -0.1) is 5.10 Å². The van der Waals surface area contributed by atoms with E-state index in [1.807, 2.05) is 24.3 Å². The SMILES string of the molecule is CCCCc1ccc(NC(=O)c2cn(C)nc2OC)cc1. The highest BCUT2D eigenvalue weighted by Crippen LogP contribution is 2.18. The zero-order valence-electron chi connectivity index (χ0n) is 12.7. The molecular formula is C16H21N3O2. The molecule has 5 heteroatoms. The van der Waals surface area contributed by atoms with Gasteiger partial charge in [-0.05, 0) is 30.5 Å². The number of hydrogen-bond acceptors (Lipinski definition) is 3. The van der Waals surface area contributed by atoms with Crippen LogP contribution in [0.1, 0.15) is 35.7 Å². The van der Waals surface area contributed by atoms with Crippen LogP contribution in [0.5, 0.6) is 5.88 Å². The molecule has 0 radical (unpaired) electrons. The number of aromatic nitrogens is 2. The van der Waals surface area contributed by atoms with Gasteiger partial charge in [0.25, 0.3) is 5.91 Å². The molecule has 0 unspecified atom stereocenters. The van der Waals surface area contributed by atoms with Crippen molar-refractivity contribution in [1.29, 1.82) is 0 Å². The van der Waals surface area contributed by atoms with Crippen LogP contribution in [0.25, 0.3) is 0 Å². The number of carbonyl (C=O) groups excluding carboxylic acids is 1. The number of carbonyl (C=O) groups is 1. The van der Waals surface area contributed by atoms with Crippen molar-refractivity contribution in [1.82, 2.24) is 9.78 Å². The molecule has 0 bridgehead atoms. The van der Waals surface area contributed by atoms with Crippen molar-refractivity contribution in [2.24, 2.45) is 7.05 Å². The lowest BCUT2D eigenvalue weighted by molar-refractivity contribution is 0.102. The Balaban J connectivity index is 2.05. The van der Waals surface area contributed by atoms with E-state index in [0.717, 1.165) is 12.1 Å². The number of amides is 1. The van der Waals surface area contributed by atoms with E-state index in [0.29, 0.717) is 11.4 Å². The second-order valence-corrected chi connectivity index (χ2v) is 4.98. The number of hydrogen-bond donors (Lipinski definition) is 1. The van der Waals surface area contributed by atoms with Crippen LogP contribution in [-0.2, 0) is 13.5 Å². The summed E-state index contributed by atoms with van der Waals surface area (Å²) in [7, 11) is 3.25. The molecule has 0 aliphatic heterocycles. The summed E-state index contributed by atoms with van der Waals surface area (Å²) in [5, 5.41) is 6.93. The Morgan fingerprint density at radius 3 is 2.67 bits per heavy atom.